The van der Waals surface area contributed by atoms with Gasteiger partial charge in [-0.3, -0.25) is 4.79 Å². The van der Waals surface area contributed by atoms with Gasteiger partial charge in [-0.15, -0.1) is 0 Å². The number of aryl methyl sites for hydroxylation is 1. The summed E-state index contributed by atoms with van der Waals surface area (Å²) in [4.78, 5) is 11.2. The lowest BCUT2D eigenvalue weighted by Gasteiger charge is -2.11. The Hall–Kier alpha value is -1.31. The fourth-order valence-electron chi connectivity index (χ4n) is 2.04. The average molecular weight is 293 g/mol. The summed E-state index contributed by atoms with van der Waals surface area (Å²) in [6, 6.07) is 13.7. The van der Waals surface area contributed by atoms with Gasteiger partial charge in [-0.1, -0.05) is 48.9 Å². The molecule has 98 valence electrons. The Bertz CT molecular complexity index is 603. The summed E-state index contributed by atoms with van der Waals surface area (Å²) in [7, 11) is 0. The molecule has 2 aromatic rings. The van der Waals surface area contributed by atoms with Gasteiger partial charge in [0.15, 0.2) is 0 Å². The number of carbonyl (C=O) groups excluding carboxylic acids is 1. The van der Waals surface area contributed by atoms with Crippen LogP contribution in [0.1, 0.15) is 24.0 Å². The predicted molar refractivity (Wildman–Crippen MR) is 80.9 cm³/mol. The highest BCUT2D eigenvalue weighted by Gasteiger charge is 2.13. The normalized spacial score (nSPS) is 12.2. The molecule has 2 aromatic carbocycles. The minimum absolute atomic E-state index is 0.278. The predicted octanol–water partition coefficient (Wildman–Crippen LogP) is 5.18. The molecule has 0 spiro atoms. The monoisotopic (exact) mass is 292 g/mol. The van der Waals surface area contributed by atoms with Crippen molar-refractivity contribution in [1.82, 2.24) is 0 Å². The third-order valence-electron chi connectivity index (χ3n) is 3.25. The summed E-state index contributed by atoms with van der Waals surface area (Å²) in [5, 5.41) is 0.387. The Morgan fingerprint density at radius 1 is 1.11 bits per heavy atom. The molecule has 0 aliphatic heterocycles. The van der Waals surface area contributed by atoms with Gasteiger partial charge in [0.2, 0.25) is 5.24 Å². The molecule has 0 N–H and O–H groups in total. The molecular weight excluding hydrogens is 279 g/mol. The standard InChI is InChI=1S/C16H14Cl2O/c1-10-9-13(11(2)16(18)19)5-8-15(10)12-3-6-14(17)7-4-12/h3-9,11H,1-2H3. The SMILES string of the molecule is Cc1cc(C(C)C(=O)Cl)ccc1-c1ccc(Cl)cc1. The highest BCUT2D eigenvalue weighted by molar-refractivity contribution is 6.64. The summed E-state index contributed by atoms with van der Waals surface area (Å²) >= 11 is 11.4. The molecule has 0 aliphatic carbocycles. The molecule has 0 fully saturated rings. The molecule has 0 amide bonds. The largest absolute Gasteiger partial charge is 0.281 e. The number of hydrogen-bond acceptors (Lipinski definition) is 1. The highest BCUT2D eigenvalue weighted by Crippen LogP contribution is 2.28. The second kappa shape index (κ2) is 5.77. The summed E-state index contributed by atoms with van der Waals surface area (Å²) in [5.41, 5.74) is 4.30. The molecule has 0 bridgehead atoms. The fraction of sp³-hybridized carbons (Fsp3) is 0.188. The van der Waals surface area contributed by atoms with Gasteiger partial charge in [0.25, 0.3) is 0 Å². The zero-order valence-electron chi connectivity index (χ0n) is 10.8. The Labute approximate surface area is 123 Å². The lowest BCUT2D eigenvalue weighted by molar-refractivity contribution is -0.112. The van der Waals surface area contributed by atoms with E-state index in [4.69, 9.17) is 23.2 Å². The first-order valence-corrected chi connectivity index (χ1v) is 6.80. The van der Waals surface area contributed by atoms with Crippen LogP contribution < -0.4 is 0 Å². The van der Waals surface area contributed by atoms with E-state index in [-0.39, 0.29) is 11.2 Å². The Morgan fingerprint density at radius 3 is 2.26 bits per heavy atom. The third kappa shape index (κ3) is 3.17. The second-order valence-corrected chi connectivity index (χ2v) is 5.42. The molecule has 0 radical (unpaired) electrons. The Kier molecular flexibility index (Phi) is 4.28. The van der Waals surface area contributed by atoms with E-state index in [0.29, 0.717) is 0 Å². The van der Waals surface area contributed by atoms with E-state index in [1.807, 2.05) is 56.3 Å². The molecule has 0 heterocycles. The number of benzene rings is 2. The molecule has 2 rings (SSSR count). The molecule has 0 aliphatic rings. The van der Waals surface area contributed by atoms with Crippen LogP contribution >= 0.6 is 23.2 Å². The van der Waals surface area contributed by atoms with Crippen LogP contribution in [0.15, 0.2) is 42.5 Å². The first-order valence-electron chi connectivity index (χ1n) is 6.05. The van der Waals surface area contributed by atoms with Crippen LogP contribution in [-0.2, 0) is 4.79 Å². The maximum Gasteiger partial charge on any atom is 0.228 e. The summed E-state index contributed by atoms with van der Waals surface area (Å²) in [6.07, 6.45) is 0. The molecule has 3 heteroatoms. The van der Waals surface area contributed by atoms with Crippen molar-refractivity contribution >= 4 is 28.4 Å². The number of rotatable bonds is 3. The summed E-state index contributed by atoms with van der Waals surface area (Å²) < 4.78 is 0. The topological polar surface area (TPSA) is 17.1 Å². The van der Waals surface area contributed by atoms with Gasteiger partial charge < -0.3 is 0 Å². The Morgan fingerprint density at radius 2 is 1.74 bits per heavy atom. The summed E-state index contributed by atoms with van der Waals surface area (Å²) in [6.45, 7) is 3.84. The van der Waals surface area contributed by atoms with E-state index in [0.717, 1.165) is 27.3 Å². The van der Waals surface area contributed by atoms with Crippen molar-refractivity contribution in [3.8, 4) is 11.1 Å². The summed E-state index contributed by atoms with van der Waals surface area (Å²) in [5.74, 6) is -0.278. The third-order valence-corrected chi connectivity index (χ3v) is 3.83. The molecule has 19 heavy (non-hydrogen) atoms. The number of halogens is 2. The smallest absolute Gasteiger partial charge is 0.228 e. The quantitative estimate of drug-likeness (QED) is 0.712. The average Bonchev–Trinajstić information content (AvgIpc) is 2.39. The van der Waals surface area contributed by atoms with Gasteiger partial charge in [0.1, 0.15) is 0 Å². The van der Waals surface area contributed by atoms with E-state index in [1.165, 1.54) is 0 Å². The first-order chi connectivity index (χ1) is 8.99. The van der Waals surface area contributed by atoms with Crippen LogP contribution in [0.2, 0.25) is 5.02 Å². The molecular formula is C16H14Cl2O. The highest BCUT2D eigenvalue weighted by atomic mass is 35.5. The number of hydrogen-bond donors (Lipinski definition) is 0. The zero-order chi connectivity index (χ0) is 14.0. The molecule has 1 unspecified atom stereocenters. The van der Waals surface area contributed by atoms with Crippen LogP contribution in [0.25, 0.3) is 11.1 Å². The van der Waals surface area contributed by atoms with Crippen LogP contribution in [0.5, 0.6) is 0 Å². The van der Waals surface area contributed by atoms with Gasteiger partial charge in [0.05, 0.1) is 5.92 Å². The van der Waals surface area contributed by atoms with Crippen molar-refractivity contribution in [3.63, 3.8) is 0 Å². The minimum Gasteiger partial charge on any atom is -0.281 e. The van der Waals surface area contributed by atoms with E-state index in [1.54, 1.807) is 0 Å². The van der Waals surface area contributed by atoms with Gasteiger partial charge in [-0.2, -0.15) is 0 Å². The molecule has 1 nitrogen and oxygen atoms in total. The van der Waals surface area contributed by atoms with E-state index >= 15 is 0 Å². The van der Waals surface area contributed by atoms with Crippen molar-refractivity contribution in [2.75, 3.05) is 0 Å². The van der Waals surface area contributed by atoms with Gasteiger partial charge in [-0.05, 0) is 52.9 Å². The van der Waals surface area contributed by atoms with E-state index < -0.39 is 0 Å². The lowest BCUT2D eigenvalue weighted by atomic mass is 9.94. The molecule has 1 atom stereocenters. The first kappa shape index (κ1) is 14.1. The maximum absolute atomic E-state index is 11.2. The van der Waals surface area contributed by atoms with E-state index in [9.17, 15) is 4.79 Å². The van der Waals surface area contributed by atoms with Crippen molar-refractivity contribution in [2.24, 2.45) is 0 Å². The van der Waals surface area contributed by atoms with Gasteiger partial charge >= 0.3 is 0 Å². The fourth-order valence-corrected chi connectivity index (χ4v) is 2.29. The molecule has 0 saturated heterocycles. The zero-order valence-corrected chi connectivity index (χ0v) is 12.3. The maximum atomic E-state index is 11.2. The van der Waals surface area contributed by atoms with E-state index in [2.05, 4.69) is 0 Å². The van der Waals surface area contributed by atoms with Gasteiger partial charge in [0, 0.05) is 5.02 Å². The van der Waals surface area contributed by atoms with Crippen LogP contribution in [0.4, 0.5) is 0 Å². The van der Waals surface area contributed by atoms with Crippen LogP contribution in [0.3, 0.4) is 0 Å². The lowest BCUT2D eigenvalue weighted by Crippen LogP contribution is -2.02. The van der Waals surface area contributed by atoms with Crippen molar-refractivity contribution in [2.45, 2.75) is 19.8 Å². The minimum atomic E-state index is -0.335. The Balaban J connectivity index is 2.39. The van der Waals surface area contributed by atoms with Crippen LogP contribution in [0, 0.1) is 6.92 Å². The number of carbonyl (C=O) groups is 1. The van der Waals surface area contributed by atoms with Crippen LogP contribution in [-0.4, -0.2) is 5.24 Å². The van der Waals surface area contributed by atoms with Crippen molar-refractivity contribution in [1.29, 1.82) is 0 Å². The van der Waals surface area contributed by atoms with Crippen molar-refractivity contribution < 1.29 is 4.79 Å². The second-order valence-electron chi connectivity index (χ2n) is 4.61. The van der Waals surface area contributed by atoms with Crippen molar-refractivity contribution in [3.05, 3.63) is 58.6 Å². The molecule has 0 aromatic heterocycles. The molecule has 0 saturated carbocycles. The van der Waals surface area contributed by atoms with Gasteiger partial charge in [-0.25, -0.2) is 0 Å².